The van der Waals surface area contributed by atoms with E-state index in [1.165, 1.54) is 32.1 Å². The van der Waals surface area contributed by atoms with Gasteiger partial charge in [0.1, 0.15) is 0 Å². The van der Waals surface area contributed by atoms with Gasteiger partial charge in [-0.25, -0.2) is 0 Å². The van der Waals surface area contributed by atoms with Crippen LogP contribution in [-0.2, 0) is 0 Å². The molecule has 0 aromatic carbocycles. The van der Waals surface area contributed by atoms with Crippen molar-refractivity contribution >= 4 is 41.7 Å². The molecule has 3 aliphatic heterocycles. The van der Waals surface area contributed by atoms with Crippen molar-refractivity contribution in [3.8, 4) is 0 Å². The number of hydrogen-bond donors (Lipinski definition) is 3. The predicted octanol–water partition coefficient (Wildman–Crippen LogP) is 1.65. The van der Waals surface area contributed by atoms with Gasteiger partial charge in [-0.3, -0.25) is 4.99 Å². The summed E-state index contributed by atoms with van der Waals surface area (Å²) in [5, 5.41) is 17.4. The quantitative estimate of drug-likeness (QED) is 0.344. The molecule has 3 unspecified atom stereocenters. The Morgan fingerprint density at radius 3 is 2.61 bits per heavy atom. The summed E-state index contributed by atoms with van der Waals surface area (Å²) in [7, 11) is 4.10. The molecule has 134 valence electrons. The van der Waals surface area contributed by atoms with E-state index >= 15 is 0 Å². The van der Waals surface area contributed by atoms with E-state index < -0.39 is 5.60 Å². The Balaban J connectivity index is 0.00000192. The van der Waals surface area contributed by atoms with Crippen LogP contribution in [0.1, 0.15) is 38.5 Å². The Morgan fingerprint density at radius 1 is 1.35 bits per heavy atom. The highest BCUT2D eigenvalue weighted by molar-refractivity contribution is 14.0. The van der Waals surface area contributed by atoms with Crippen LogP contribution in [0.2, 0.25) is 0 Å². The highest BCUT2D eigenvalue weighted by Gasteiger charge is 2.36. The van der Waals surface area contributed by atoms with Gasteiger partial charge in [-0.15, -0.1) is 24.0 Å². The summed E-state index contributed by atoms with van der Waals surface area (Å²) >= 11 is 1.83. The predicted molar refractivity (Wildman–Crippen MR) is 109 cm³/mol. The smallest absolute Gasteiger partial charge is 0.191 e. The number of nitrogens with zero attached hydrogens (tertiary/aromatic N) is 2. The zero-order valence-electron chi connectivity index (χ0n) is 14.3. The summed E-state index contributed by atoms with van der Waals surface area (Å²) in [6, 6.07) is 1.95. The van der Waals surface area contributed by atoms with Crippen LogP contribution in [0, 0.1) is 0 Å². The SMILES string of the molecule is CN=C(NCC1(O)CCSC1)NC1CC2CCCC(C1)N2C.I. The van der Waals surface area contributed by atoms with Gasteiger partial charge in [-0.2, -0.15) is 11.8 Å². The molecule has 3 aliphatic rings. The average Bonchev–Trinajstić information content (AvgIpc) is 2.91. The summed E-state index contributed by atoms with van der Waals surface area (Å²) in [5.41, 5.74) is -0.564. The molecule has 0 radical (unpaired) electrons. The van der Waals surface area contributed by atoms with Gasteiger partial charge in [0, 0.05) is 37.5 Å². The van der Waals surface area contributed by atoms with Gasteiger partial charge < -0.3 is 20.6 Å². The fourth-order valence-corrected chi connectivity index (χ4v) is 5.40. The van der Waals surface area contributed by atoms with Crippen LogP contribution in [0.3, 0.4) is 0 Å². The molecule has 0 aromatic heterocycles. The fourth-order valence-electron chi connectivity index (χ4n) is 4.11. The largest absolute Gasteiger partial charge is 0.387 e. The number of nitrogens with one attached hydrogen (secondary N) is 2. The number of halogens is 1. The second-order valence-corrected chi connectivity index (χ2v) is 8.27. The molecule has 0 spiro atoms. The molecular formula is C16H31IN4OS. The second-order valence-electron chi connectivity index (χ2n) is 7.17. The van der Waals surface area contributed by atoms with Crippen LogP contribution < -0.4 is 10.6 Å². The van der Waals surface area contributed by atoms with E-state index in [1.807, 2.05) is 18.8 Å². The molecule has 3 heterocycles. The zero-order valence-corrected chi connectivity index (χ0v) is 17.4. The minimum Gasteiger partial charge on any atom is -0.387 e. The van der Waals surface area contributed by atoms with Gasteiger partial charge in [-0.1, -0.05) is 6.42 Å². The molecular weight excluding hydrogens is 423 g/mol. The maximum Gasteiger partial charge on any atom is 0.191 e. The van der Waals surface area contributed by atoms with Crippen LogP contribution in [0.25, 0.3) is 0 Å². The number of guanidine groups is 1. The van der Waals surface area contributed by atoms with Gasteiger partial charge in [0.25, 0.3) is 0 Å². The molecule has 0 aromatic rings. The lowest BCUT2D eigenvalue weighted by atomic mass is 9.82. The second kappa shape index (κ2) is 8.58. The first-order valence-corrected chi connectivity index (χ1v) is 9.74. The van der Waals surface area contributed by atoms with Crippen LogP contribution >= 0.6 is 35.7 Å². The van der Waals surface area contributed by atoms with E-state index in [0.717, 1.165) is 36.0 Å². The van der Waals surface area contributed by atoms with Crippen molar-refractivity contribution in [1.82, 2.24) is 15.5 Å². The zero-order chi connectivity index (χ0) is 15.6. The van der Waals surface area contributed by atoms with Crippen LogP contribution in [-0.4, -0.2) is 71.8 Å². The molecule has 5 nitrogen and oxygen atoms in total. The molecule has 23 heavy (non-hydrogen) atoms. The Kier molecular flexibility index (Phi) is 7.31. The van der Waals surface area contributed by atoms with Gasteiger partial charge >= 0.3 is 0 Å². The third kappa shape index (κ3) is 4.89. The number of rotatable bonds is 3. The van der Waals surface area contributed by atoms with Gasteiger partial charge in [0.2, 0.25) is 0 Å². The van der Waals surface area contributed by atoms with E-state index in [9.17, 15) is 5.11 Å². The molecule has 3 N–H and O–H groups in total. The van der Waals surface area contributed by atoms with Crippen molar-refractivity contribution < 1.29 is 5.11 Å². The van der Waals surface area contributed by atoms with E-state index in [1.54, 1.807) is 0 Å². The van der Waals surface area contributed by atoms with Crippen molar-refractivity contribution in [2.24, 2.45) is 4.99 Å². The molecule has 2 bridgehead atoms. The summed E-state index contributed by atoms with van der Waals surface area (Å²) in [6.45, 7) is 0.596. The number of hydrogen-bond acceptors (Lipinski definition) is 4. The maximum atomic E-state index is 10.4. The Hall–Kier alpha value is 0.270. The minimum absolute atomic E-state index is 0. The van der Waals surface area contributed by atoms with Gasteiger partial charge in [0.05, 0.1) is 5.60 Å². The first-order chi connectivity index (χ1) is 10.6. The number of thioether (sulfide) groups is 1. The molecule has 3 saturated heterocycles. The highest BCUT2D eigenvalue weighted by atomic mass is 127. The summed E-state index contributed by atoms with van der Waals surface area (Å²) < 4.78 is 0. The van der Waals surface area contributed by atoms with Crippen molar-refractivity contribution in [2.45, 2.75) is 62.3 Å². The molecule has 3 rings (SSSR count). The van der Waals surface area contributed by atoms with Crippen molar-refractivity contribution in [2.75, 3.05) is 32.1 Å². The molecule has 0 aliphatic carbocycles. The first kappa shape index (κ1) is 19.6. The van der Waals surface area contributed by atoms with Crippen LogP contribution in [0.5, 0.6) is 0 Å². The monoisotopic (exact) mass is 454 g/mol. The normalized spacial score (nSPS) is 38.0. The van der Waals surface area contributed by atoms with Crippen LogP contribution in [0.4, 0.5) is 0 Å². The molecule has 0 saturated carbocycles. The summed E-state index contributed by atoms with van der Waals surface area (Å²) in [5.74, 6) is 2.73. The Labute approximate surface area is 161 Å². The van der Waals surface area contributed by atoms with E-state index in [4.69, 9.17) is 0 Å². The molecule has 7 heteroatoms. The number of piperidine rings is 2. The minimum atomic E-state index is -0.564. The van der Waals surface area contributed by atoms with Gasteiger partial charge in [0.15, 0.2) is 5.96 Å². The lowest BCUT2D eigenvalue weighted by Crippen LogP contribution is -2.57. The number of aliphatic imine (C=N–C) groups is 1. The van der Waals surface area contributed by atoms with E-state index in [0.29, 0.717) is 12.6 Å². The fraction of sp³-hybridized carbons (Fsp3) is 0.938. The third-order valence-corrected chi connectivity index (χ3v) is 6.81. The summed E-state index contributed by atoms with van der Waals surface area (Å²) in [4.78, 5) is 6.93. The first-order valence-electron chi connectivity index (χ1n) is 8.59. The molecule has 3 atom stereocenters. The number of fused-ring (bicyclic) bond motifs is 2. The standard InChI is InChI=1S/C16H30N4OS.HI/c1-17-15(18-10-16(21)6-7-22-11-16)19-12-8-13-4-3-5-14(9-12)20(13)2;/h12-14,21H,3-11H2,1-2H3,(H2,17,18,19);1H. The Bertz CT molecular complexity index is 403. The van der Waals surface area contributed by atoms with E-state index in [2.05, 4.69) is 27.6 Å². The van der Waals surface area contributed by atoms with Crippen LogP contribution in [0.15, 0.2) is 4.99 Å². The van der Waals surface area contributed by atoms with Crippen molar-refractivity contribution in [3.05, 3.63) is 0 Å². The van der Waals surface area contributed by atoms with Crippen molar-refractivity contribution in [1.29, 1.82) is 0 Å². The van der Waals surface area contributed by atoms with E-state index in [-0.39, 0.29) is 24.0 Å². The maximum absolute atomic E-state index is 10.4. The lowest BCUT2D eigenvalue weighted by Gasteiger charge is -2.47. The van der Waals surface area contributed by atoms with Gasteiger partial charge in [-0.05, 0) is 44.9 Å². The summed E-state index contributed by atoms with van der Waals surface area (Å²) in [6.07, 6.45) is 7.31. The molecule has 3 fully saturated rings. The average molecular weight is 454 g/mol. The lowest BCUT2D eigenvalue weighted by molar-refractivity contribution is 0.0520. The Morgan fingerprint density at radius 2 is 2.04 bits per heavy atom. The van der Waals surface area contributed by atoms with Crippen molar-refractivity contribution in [3.63, 3.8) is 0 Å². The topological polar surface area (TPSA) is 59.9 Å². The molecule has 0 amide bonds. The number of aliphatic hydroxyl groups is 1. The third-order valence-electron chi connectivity index (χ3n) is 5.57. The highest BCUT2D eigenvalue weighted by Crippen LogP contribution is 2.32.